The highest BCUT2D eigenvalue weighted by atomic mass is 14.9. The highest BCUT2D eigenvalue weighted by Crippen LogP contribution is 2.36. The SMILES string of the molecule is CCCNCC1CCC1Cc1ccc(CC)cc1. The van der Waals surface area contributed by atoms with Gasteiger partial charge in [0.05, 0.1) is 0 Å². The summed E-state index contributed by atoms with van der Waals surface area (Å²) in [6, 6.07) is 9.23. The molecule has 1 aliphatic carbocycles. The van der Waals surface area contributed by atoms with E-state index in [0.29, 0.717) is 0 Å². The van der Waals surface area contributed by atoms with Crippen molar-refractivity contribution in [3.05, 3.63) is 35.4 Å². The minimum atomic E-state index is 0.918. The van der Waals surface area contributed by atoms with Crippen LogP contribution < -0.4 is 5.32 Å². The molecule has 0 saturated heterocycles. The Bertz CT molecular complexity index is 341. The van der Waals surface area contributed by atoms with Crippen molar-refractivity contribution in [3.8, 4) is 0 Å². The molecule has 0 aliphatic heterocycles. The average molecular weight is 245 g/mol. The molecular formula is C17H27N. The van der Waals surface area contributed by atoms with Crippen LogP contribution in [0.1, 0.15) is 44.2 Å². The van der Waals surface area contributed by atoms with E-state index in [2.05, 4.69) is 43.4 Å². The lowest BCUT2D eigenvalue weighted by atomic mass is 9.70. The van der Waals surface area contributed by atoms with Gasteiger partial charge in [0, 0.05) is 0 Å². The van der Waals surface area contributed by atoms with Gasteiger partial charge in [-0.2, -0.15) is 0 Å². The van der Waals surface area contributed by atoms with Gasteiger partial charge in [0.2, 0.25) is 0 Å². The van der Waals surface area contributed by atoms with Crippen molar-refractivity contribution in [2.45, 2.75) is 46.0 Å². The van der Waals surface area contributed by atoms with Crippen molar-refractivity contribution in [1.29, 1.82) is 0 Å². The predicted octanol–water partition coefficient (Wildman–Crippen LogP) is 3.82. The average Bonchev–Trinajstić information content (AvgIpc) is 2.40. The molecule has 0 aromatic heterocycles. The van der Waals surface area contributed by atoms with Crippen LogP contribution in [0, 0.1) is 11.8 Å². The minimum absolute atomic E-state index is 0.918. The molecule has 2 unspecified atom stereocenters. The van der Waals surface area contributed by atoms with Gasteiger partial charge >= 0.3 is 0 Å². The second-order valence-electron chi connectivity index (χ2n) is 5.68. The molecule has 1 nitrogen and oxygen atoms in total. The van der Waals surface area contributed by atoms with Gasteiger partial charge in [-0.05, 0) is 68.2 Å². The van der Waals surface area contributed by atoms with E-state index in [1.54, 1.807) is 0 Å². The van der Waals surface area contributed by atoms with Crippen LogP contribution >= 0.6 is 0 Å². The third-order valence-electron chi connectivity index (χ3n) is 4.34. The Kier molecular flexibility index (Phi) is 5.25. The fourth-order valence-corrected chi connectivity index (χ4v) is 2.85. The van der Waals surface area contributed by atoms with Gasteiger partial charge in [-0.3, -0.25) is 0 Å². The number of aryl methyl sites for hydroxylation is 1. The fourth-order valence-electron chi connectivity index (χ4n) is 2.85. The zero-order valence-electron chi connectivity index (χ0n) is 11.9. The summed E-state index contributed by atoms with van der Waals surface area (Å²) in [5.74, 6) is 1.84. The maximum atomic E-state index is 3.57. The molecule has 0 bridgehead atoms. The lowest BCUT2D eigenvalue weighted by Crippen LogP contribution is -2.36. The summed E-state index contributed by atoms with van der Waals surface area (Å²) < 4.78 is 0. The van der Waals surface area contributed by atoms with Crippen LogP contribution in [-0.4, -0.2) is 13.1 Å². The Morgan fingerprint density at radius 2 is 1.67 bits per heavy atom. The number of hydrogen-bond donors (Lipinski definition) is 1. The van der Waals surface area contributed by atoms with E-state index in [0.717, 1.165) is 18.3 Å². The second-order valence-corrected chi connectivity index (χ2v) is 5.68. The topological polar surface area (TPSA) is 12.0 Å². The molecule has 1 heteroatoms. The summed E-state index contributed by atoms with van der Waals surface area (Å²) in [6.07, 6.45) is 6.52. The van der Waals surface area contributed by atoms with E-state index < -0.39 is 0 Å². The summed E-state index contributed by atoms with van der Waals surface area (Å²) in [4.78, 5) is 0. The van der Waals surface area contributed by atoms with Gasteiger partial charge < -0.3 is 5.32 Å². The lowest BCUT2D eigenvalue weighted by Gasteiger charge is -2.37. The first-order valence-electron chi connectivity index (χ1n) is 7.62. The summed E-state index contributed by atoms with van der Waals surface area (Å²) in [7, 11) is 0. The van der Waals surface area contributed by atoms with E-state index in [-0.39, 0.29) is 0 Å². The van der Waals surface area contributed by atoms with Crippen LogP contribution in [0.15, 0.2) is 24.3 Å². The molecule has 18 heavy (non-hydrogen) atoms. The third kappa shape index (κ3) is 3.58. The lowest BCUT2D eigenvalue weighted by molar-refractivity contribution is 0.171. The van der Waals surface area contributed by atoms with E-state index >= 15 is 0 Å². The molecule has 0 heterocycles. The molecule has 2 rings (SSSR count). The summed E-state index contributed by atoms with van der Waals surface area (Å²) >= 11 is 0. The summed E-state index contributed by atoms with van der Waals surface area (Å²) in [6.45, 7) is 6.86. The predicted molar refractivity (Wildman–Crippen MR) is 78.9 cm³/mol. The number of benzene rings is 1. The Balaban J connectivity index is 1.78. The van der Waals surface area contributed by atoms with E-state index in [1.165, 1.54) is 49.9 Å². The highest BCUT2D eigenvalue weighted by Gasteiger charge is 2.29. The first-order chi connectivity index (χ1) is 8.83. The maximum Gasteiger partial charge on any atom is -0.00178 e. The van der Waals surface area contributed by atoms with Crippen molar-refractivity contribution in [2.75, 3.05) is 13.1 Å². The monoisotopic (exact) mass is 245 g/mol. The van der Waals surface area contributed by atoms with Gasteiger partial charge in [-0.25, -0.2) is 0 Å². The fraction of sp³-hybridized carbons (Fsp3) is 0.647. The molecule has 2 atom stereocenters. The number of rotatable bonds is 7. The first kappa shape index (κ1) is 13.6. The molecule has 0 amide bonds. The standard InChI is InChI=1S/C17H27N/c1-3-11-18-13-17-10-9-16(17)12-15-7-5-14(4-2)6-8-15/h5-8,16-18H,3-4,9-13H2,1-2H3. The quantitative estimate of drug-likeness (QED) is 0.720. The Morgan fingerprint density at radius 1 is 1.00 bits per heavy atom. The Hall–Kier alpha value is -0.820. The Morgan fingerprint density at radius 3 is 2.22 bits per heavy atom. The minimum Gasteiger partial charge on any atom is -0.316 e. The molecule has 1 N–H and O–H groups in total. The van der Waals surface area contributed by atoms with E-state index in [9.17, 15) is 0 Å². The van der Waals surface area contributed by atoms with Gasteiger partial charge in [-0.15, -0.1) is 0 Å². The van der Waals surface area contributed by atoms with Crippen LogP contribution in [0.25, 0.3) is 0 Å². The molecule has 1 aliphatic rings. The van der Waals surface area contributed by atoms with Gasteiger partial charge in [0.25, 0.3) is 0 Å². The van der Waals surface area contributed by atoms with Crippen molar-refractivity contribution in [1.82, 2.24) is 5.32 Å². The zero-order chi connectivity index (χ0) is 12.8. The van der Waals surface area contributed by atoms with Crippen molar-refractivity contribution < 1.29 is 0 Å². The second kappa shape index (κ2) is 6.94. The van der Waals surface area contributed by atoms with Crippen molar-refractivity contribution >= 4 is 0 Å². The molecule has 1 fully saturated rings. The molecule has 0 radical (unpaired) electrons. The summed E-state index contributed by atoms with van der Waals surface area (Å²) in [5, 5.41) is 3.57. The smallest absolute Gasteiger partial charge is 0.00178 e. The molecular weight excluding hydrogens is 218 g/mol. The van der Waals surface area contributed by atoms with Crippen LogP contribution in [0.5, 0.6) is 0 Å². The van der Waals surface area contributed by atoms with Crippen LogP contribution in [0.3, 0.4) is 0 Å². The number of hydrogen-bond acceptors (Lipinski definition) is 1. The molecule has 1 saturated carbocycles. The molecule has 100 valence electrons. The summed E-state index contributed by atoms with van der Waals surface area (Å²) in [5.41, 5.74) is 2.98. The number of nitrogens with one attached hydrogen (secondary N) is 1. The van der Waals surface area contributed by atoms with Gasteiger partial charge in [0.15, 0.2) is 0 Å². The van der Waals surface area contributed by atoms with Crippen molar-refractivity contribution in [3.63, 3.8) is 0 Å². The van der Waals surface area contributed by atoms with E-state index in [4.69, 9.17) is 0 Å². The zero-order valence-corrected chi connectivity index (χ0v) is 11.9. The third-order valence-corrected chi connectivity index (χ3v) is 4.34. The van der Waals surface area contributed by atoms with E-state index in [1.807, 2.05) is 0 Å². The van der Waals surface area contributed by atoms with Crippen molar-refractivity contribution in [2.24, 2.45) is 11.8 Å². The van der Waals surface area contributed by atoms with Gasteiger partial charge in [-0.1, -0.05) is 38.1 Å². The molecule has 0 spiro atoms. The normalized spacial score (nSPS) is 22.8. The maximum absolute atomic E-state index is 3.57. The first-order valence-corrected chi connectivity index (χ1v) is 7.62. The molecule has 1 aromatic carbocycles. The van der Waals surface area contributed by atoms with Crippen LogP contribution in [0.4, 0.5) is 0 Å². The highest BCUT2D eigenvalue weighted by molar-refractivity contribution is 5.23. The largest absolute Gasteiger partial charge is 0.316 e. The van der Waals surface area contributed by atoms with Crippen LogP contribution in [0.2, 0.25) is 0 Å². The Labute approximate surface area is 112 Å². The molecule has 1 aromatic rings. The van der Waals surface area contributed by atoms with Crippen LogP contribution in [-0.2, 0) is 12.8 Å². The van der Waals surface area contributed by atoms with Gasteiger partial charge in [0.1, 0.15) is 0 Å².